The smallest absolute Gasteiger partial charge is 0.253 e. The maximum Gasteiger partial charge on any atom is 0.253 e. The van der Waals surface area contributed by atoms with Crippen molar-refractivity contribution in [1.82, 2.24) is 15.2 Å². The molecule has 1 aliphatic rings. The molecule has 0 saturated carbocycles. The van der Waals surface area contributed by atoms with Gasteiger partial charge in [-0.1, -0.05) is 41.4 Å². The molecule has 1 saturated heterocycles. The molecular weight excluding hydrogens is 471 g/mol. The Morgan fingerprint density at radius 3 is 2.32 bits per heavy atom. The highest BCUT2D eigenvalue weighted by atomic mass is 35.5. The number of nitrogens with one attached hydrogen (secondary N) is 1. The second-order valence-electron chi connectivity index (χ2n) is 8.76. The number of piperazine rings is 1. The average molecular weight is 499 g/mol. The second-order valence-corrected chi connectivity index (χ2v) is 9.57. The number of nitrogens with two attached hydrogens (primary N) is 1. The number of pyridine rings is 1. The van der Waals surface area contributed by atoms with E-state index in [-0.39, 0.29) is 23.8 Å². The maximum absolute atomic E-state index is 13.0. The zero-order valence-corrected chi connectivity index (χ0v) is 20.9. The molecule has 3 atom stereocenters. The van der Waals surface area contributed by atoms with Crippen LogP contribution in [0.3, 0.4) is 0 Å². The molecule has 3 N–H and O–H groups in total. The third-order valence-electron chi connectivity index (χ3n) is 5.90. The van der Waals surface area contributed by atoms with Crippen molar-refractivity contribution in [2.45, 2.75) is 39.0 Å². The molecule has 34 heavy (non-hydrogen) atoms. The van der Waals surface area contributed by atoms with E-state index < -0.39 is 6.10 Å². The van der Waals surface area contributed by atoms with E-state index in [1.165, 1.54) is 0 Å². The number of carbonyl (C=O) groups is 1. The number of nitrogens with zero attached hydrogens (tertiary/aromatic N) is 2. The molecule has 0 spiro atoms. The lowest BCUT2D eigenvalue weighted by atomic mass is 10.0. The van der Waals surface area contributed by atoms with E-state index in [1.807, 2.05) is 42.2 Å². The third-order valence-corrected chi connectivity index (χ3v) is 6.56. The van der Waals surface area contributed by atoms with Gasteiger partial charge in [-0.2, -0.15) is 0 Å². The Bertz CT molecular complexity index is 1160. The third kappa shape index (κ3) is 5.30. The minimum atomic E-state index is -0.427. The maximum atomic E-state index is 13.0. The lowest BCUT2D eigenvalue weighted by molar-refractivity contribution is 0.0674. The van der Waals surface area contributed by atoms with Crippen molar-refractivity contribution in [2.75, 3.05) is 18.8 Å². The molecule has 2 aromatic carbocycles. The van der Waals surface area contributed by atoms with Gasteiger partial charge in [-0.25, -0.2) is 4.98 Å². The van der Waals surface area contributed by atoms with Crippen LogP contribution in [-0.4, -0.2) is 41.0 Å². The number of amides is 1. The summed E-state index contributed by atoms with van der Waals surface area (Å²) in [6.07, 6.45) is 1.26. The van der Waals surface area contributed by atoms with Gasteiger partial charge in [-0.3, -0.25) is 4.79 Å². The molecule has 178 valence electrons. The highest BCUT2D eigenvalue weighted by molar-refractivity contribution is 6.36. The molecule has 4 rings (SSSR count). The summed E-state index contributed by atoms with van der Waals surface area (Å²) < 4.78 is 6.09. The number of rotatable bonds is 5. The van der Waals surface area contributed by atoms with Gasteiger partial charge in [0.15, 0.2) is 11.6 Å². The minimum Gasteiger partial charge on any atom is -0.482 e. The largest absolute Gasteiger partial charge is 0.482 e. The highest BCUT2D eigenvalue weighted by Gasteiger charge is 2.25. The summed E-state index contributed by atoms with van der Waals surface area (Å²) in [4.78, 5) is 19.2. The lowest BCUT2D eigenvalue weighted by Crippen LogP contribution is -2.55. The van der Waals surface area contributed by atoms with Crippen molar-refractivity contribution in [3.8, 4) is 16.9 Å². The molecular formula is C26H28Cl2N4O2. The number of aromatic nitrogens is 1. The Morgan fingerprint density at radius 1 is 1.09 bits per heavy atom. The van der Waals surface area contributed by atoms with Gasteiger partial charge >= 0.3 is 0 Å². The van der Waals surface area contributed by atoms with Gasteiger partial charge in [0.2, 0.25) is 0 Å². The molecule has 1 aliphatic heterocycles. The molecule has 1 unspecified atom stereocenters. The SMILES string of the molecule is CC(Oc1cc(-c2ccc(C(=O)N3C[C@@H](C)N[C@@H](C)C3)cc2)cnc1N)c1c(Cl)cccc1Cl. The standard InChI is InChI=1S/C26H28Cl2N4O2/c1-15-13-32(14-16(2)31-15)26(33)19-9-7-18(8-10-19)20-11-23(25(29)30-12-20)34-17(3)24-21(27)5-4-6-22(24)28/h4-12,15-17,31H,13-14H2,1-3H3,(H2,29,30)/t15-,16+,17?. The summed E-state index contributed by atoms with van der Waals surface area (Å²) >= 11 is 12.6. The number of ether oxygens (including phenoxy) is 1. The second kappa shape index (κ2) is 10.2. The molecule has 0 bridgehead atoms. The zero-order valence-electron chi connectivity index (χ0n) is 19.4. The monoisotopic (exact) mass is 498 g/mol. The predicted octanol–water partition coefficient (Wildman–Crippen LogP) is 5.60. The van der Waals surface area contributed by atoms with Crippen molar-refractivity contribution >= 4 is 34.9 Å². The fourth-order valence-electron chi connectivity index (χ4n) is 4.34. The molecule has 0 radical (unpaired) electrons. The van der Waals surface area contributed by atoms with Gasteiger partial charge in [0, 0.05) is 58.1 Å². The van der Waals surface area contributed by atoms with E-state index in [4.69, 9.17) is 33.7 Å². The Kier molecular flexibility index (Phi) is 7.31. The Balaban J connectivity index is 1.53. The fourth-order valence-corrected chi connectivity index (χ4v) is 5.04. The van der Waals surface area contributed by atoms with Crippen LogP contribution in [0.25, 0.3) is 11.1 Å². The first kappa shape index (κ1) is 24.3. The summed E-state index contributed by atoms with van der Waals surface area (Å²) in [7, 11) is 0. The summed E-state index contributed by atoms with van der Waals surface area (Å²) in [6, 6.07) is 15.2. The number of hydrogen-bond acceptors (Lipinski definition) is 5. The predicted molar refractivity (Wildman–Crippen MR) is 138 cm³/mol. The summed E-state index contributed by atoms with van der Waals surface area (Å²) in [5.41, 5.74) is 9.16. The van der Waals surface area contributed by atoms with Crippen molar-refractivity contribution in [3.63, 3.8) is 0 Å². The van der Waals surface area contributed by atoms with E-state index in [0.29, 0.717) is 40.0 Å². The van der Waals surface area contributed by atoms with Crippen LogP contribution < -0.4 is 15.8 Å². The number of hydrogen-bond donors (Lipinski definition) is 2. The van der Waals surface area contributed by atoms with E-state index >= 15 is 0 Å². The zero-order chi connectivity index (χ0) is 24.4. The van der Waals surface area contributed by atoms with Crippen LogP contribution in [0.15, 0.2) is 54.7 Å². The highest BCUT2D eigenvalue weighted by Crippen LogP contribution is 2.35. The summed E-state index contributed by atoms with van der Waals surface area (Å²) in [5, 5.41) is 4.50. The first-order valence-corrected chi connectivity index (χ1v) is 12.0. The van der Waals surface area contributed by atoms with Gasteiger partial charge in [0.05, 0.1) is 0 Å². The number of halogens is 2. The molecule has 1 aromatic heterocycles. The van der Waals surface area contributed by atoms with Crippen LogP contribution in [0.1, 0.15) is 42.8 Å². The van der Waals surface area contributed by atoms with Crippen molar-refractivity contribution in [1.29, 1.82) is 0 Å². The molecule has 6 nitrogen and oxygen atoms in total. The van der Waals surface area contributed by atoms with Crippen LogP contribution in [-0.2, 0) is 0 Å². The molecule has 0 aliphatic carbocycles. The molecule has 3 aromatic rings. The van der Waals surface area contributed by atoms with E-state index in [1.54, 1.807) is 24.4 Å². The topological polar surface area (TPSA) is 80.5 Å². The van der Waals surface area contributed by atoms with Crippen LogP contribution in [0.4, 0.5) is 5.82 Å². The average Bonchev–Trinajstić information content (AvgIpc) is 2.79. The Morgan fingerprint density at radius 2 is 1.71 bits per heavy atom. The van der Waals surface area contributed by atoms with Crippen LogP contribution in [0, 0.1) is 0 Å². The molecule has 2 heterocycles. The van der Waals surface area contributed by atoms with E-state index in [2.05, 4.69) is 24.1 Å². The molecule has 8 heteroatoms. The van der Waals surface area contributed by atoms with Crippen molar-refractivity contribution < 1.29 is 9.53 Å². The molecule has 1 fully saturated rings. The van der Waals surface area contributed by atoms with Gasteiger partial charge in [0.1, 0.15) is 6.10 Å². The van der Waals surface area contributed by atoms with Gasteiger partial charge in [-0.05, 0) is 56.7 Å². The minimum absolute atomic E-state index is 0.0386. The lowest BCUT2D eigenvalue weighted by Gasteiger charge is -2.36. The van der Waals surface area contributed by atoms with Crippen molar-refractivity contribution in [2.24, 2.45) is 0 Å². The van der Waals surface area contributed by atoms with Gasteiger partial charge in [0.25, 0.3) is 5.91 Å². The van der Waals surface area contributed by atoms with Gasteiger partial charge in [-0.15, -0.1) is 0 Å². The first-order chi connectivity index (χ1) is 16.2. The molecule has 1 amide bonds. The van der Waals surface area contributed by atoms with Crippen molar-refractivity contribution in [3.05, 3.63) is 75.9 Å². The Labute approximate surface area is 210 Å². The van der Waals surface area contributed by atoms with E-state index in [0.717, 1.165) is 11.1 Å². The summed E-state index contributed by atoms with van der Waals surface area (Å²) in [6.45, 7) is 7.43. The first-order valence-electron chi connectivity index (χ1n) is 11.2. The van der Waals surface area contributed by atoms with Crippen LogP contribution in [0.5, 0.6) is 5.75 Å². The quantitative estimate of drug-likeness (QED) is 0.478. The van der Waals surface area contributed by atoms with Crippen LogP contribution >= 0.6 is 23.2 Å². The number of carbonyl (C=O) groups excluding carboxylic acids is 1. The summed E-state index contributed by atoms with van der Waals surface area (Å²) in [5.74, 6) is 0.745. The Hall–Kier alpha value is -2.80. The normalized spacial score (nSPS) is 19.0. The van der Waals surface area contributed by atoms with E-state index in [9.17, 15) is 4.79 Å². The fraction of sp³-hybridized carbons (Fsp3) is 0.308. The number of anilines is 1. The van der Waals surface area contributed by atoms with Gasteiger partial charge < -0.3 is 20.7 Å². The van der Waals surface area contributed by atoms with Crippen LogP contribution in [0.2, 0.25) is 10.0 Å². The number of benzene rings is 2. The number of nitrogen functional groups attached to an aromatic ring is 1.